The van der Waals surface area contributed by atoms with Gasteiger partial charge in [-0.25, -0.2) is 0 Å². The average molecular weight is 196 g/mol. The Hall–Kier alpha value is -0.503. The molecule has 74 valence electrons. The molecule has 0 spiro atoms. The van der Waals surface area contributed by atoms with Gasteiger partial charge < -0.3 is 4.42 Å². The minimum atomic E-state index is -1.16. The highest BCUT2D eigenvalue weighted by Gasteiger charge is 2.19. The molecule has 0 aliphatic carbocycles. The Kier molecular flexibility index (Phi) is 3.01. The molecule has 1 heterocycles. The molecular formula is C11H20OSi. The van der Waals surface area contributed by atoms with Crippen LogP contribution in [-0.4, -0.2) is 8.07 Å². The summed E-state index contributed by atoms with van der Waals surface area (Å²) in [4.78, 5) is 0. The second-order valence-corrected chi connectivity index (χ2v) is 10.2. The summed E-state index contributed by atoms with van der Waals surface area (Å²) in [5.41, 5.74) is 0. The highest BCUT2D eigenvalue weighted by Crippen LogP contribution is 2.10. The quantitative estimate of drug-likeness (QED) is 0.677. The van der Waals surface area contributed by atoms with Gasteiger partial charge in [-0.15, -0.1) is 0 Å². The van der Waals surface area contributed by atoms with Gasteiger partial charge >= 0.3 is 0 Å². The normalized spacial score (nSPS) is 12.5. The predicted octanol–water partition coefficient (Wildman–Crippen LogP) is 3.02. The molecule has 0 radical (unpaired) electrons. The second kappa shape index (κ2) is 3.70. The van der Waals surface area contributed by atoms with Crippen LogP contribution < -0.4 is 5.19 Å². The summed E-state index contributed by atoms with van der Waals surface area (Å²) >= 11 is 0. The first-order valence-electron chi connectivity index (χ1n) is 4.97. The molecule has 0 bridgehead atoms. The van der Waals surface area contributed by atoms with E-state index >= 15 is 0 Å². The zero-order chi connectivity index (χ0) is 10.1. The highest BCUT2D eigenvalue weighted by molar-refractivity contribution is 6.88. The molecule has 0 atom stereocenters. The van der Waals surface area contributed by atoms with Crippen LogP contribution in [0.1, 0.15) is 19.6 Å². The van der Waals surface area contributed by atoms with Gasteiger partial charge in [0.1, 0.15) is 5.76 Å². The summed E-state index contributed by atoms with van der Waals surface area (Å²) < 4.78 is 5.54. The fourth-order valence-corrected chi connectivity index (χ4v) is 2.29. The molecule has 1 aromatic heterocycles. The molecule has 0 fully saturated rings. The fourth-order valence-electron chi connectivity index (χ4n) is 1.28. The van der Waals surface area contributed by atoms with E-state index in [1.165, 1.54) is 5.19 Å². The summed E-state index contributed by atoms with van der Waals surface area (Å²) in [7, 11) is -1.16. The van der Waals surface area contributed by atoms with Crippen molar-refractivity contribution < 1.29 is 4.42 Å². The van der Waals surface area contributed by atoms with Gasteiger partial charge in [-0.1, -0.05) is 33.5 Å². The lowest BCUT2D eigenvalue weighted by atomic mass is 10.1. The number of hydrogen-bond donors (Lipinski definition) is 0. The summed E-state index contributed by atoms with van der Waals surface area (Å²) in [6.45, 7) is 11.5. The van der Waals surface area contributed by atoms with E-state index in [1.54, 1.807) is 0 Å². The molecule has 0 N–H and O–H groups in total. The predicted molar refractivity (Wildman–Crippen MR) is 60.2 cm³/mol. The SMILES string of the molecule is CC(C)Cc1cc([Si](C)(C)C)co1. The molecule has 0 saturated carbocycles. The van der Waals surface area contributed by atoms with Crippen LogP contribution in [-0.2, 0) is 6.42 Å². The number of furan rings is 1. The minimum absolute atomic E-state index is 0.681. The van der Waals surface area contributed by atoms with Crippen molar-refractivity contribution in [3.63, 3.8) is 0 Å². The standard InChI is InChI=1S/C11H20OSi/c1-9(2)6-10-7-11(8-12-10)13(3,4)5/h7-9H,6H2,1-5H3. The third-order valence-electron chi connectivity index (χ3n) is 2.13. The molecule has 0 aliphatic rings. The van der Waals surface area contributed by atoms with E-state index in [0.717, 1.165) is 12.2 Å². The minimum Gasteiger partial charge on any atom is -0.469 e. The van der Waals surface area contributed by atoms with Crippen molar-refractivity contribution in [3.05, 3.63) is 18.1 Å². The molecule has 0 aromatic carbocycles. The van der Waals surface area contributed by atoms with Crippen LogP contribution in [0.3, 0.4) is 0 Å². The Morgan fingerprint density at radius 3 is 2.31 bits per heavy atom. The first-order valence-corrected chi connectivity index (χ1v) is 8.47. The number of rotatable bonds is 3. The van der Waals surface area contributed by atoms with Crippen LogP contribution in [0.25, 0.3) is 0 Å². The highest BCUT2D eigenvalue weighted by atomic mass is 28.3. The van der Waals surface area contributed by atoms with Crippen LogP contribution >= 0.6 is 0 Å². The van der Waals surface area contributed by atoms with Crippen molar-refractivity contribution in [2.24, 2.45) is 5.92 Å². The van der Waals surface area contributed by atoms with Crippen LogP contribution in [0.4, 0.5) is 0 Å². The topological polar surface area (TPSA) is 13.1 Å². The van der Waals surface area contributed by atoms with E-state index < -0.39 is 8.07 Å². The van der Waals surface area contributed by atoms with E-state index in [-0.39, 0.29) is 0 Å². The Morgan fingerprint density at radius 2 is 1.92 bits per heavy atom. The Balaban J connectivity index is 2.75. The van der Waals surface area contributed by atoms with E-state index in [4.69, 9.17) is 4.42 Å². The molecule has 0 aliphatic heterocycles. The van der Waals surface area contributed by atoms with E-state index in [9.17, 15) is 0 Å². The van der Waals surface area contributed by atoms with Crippen molar-refractivity contribution in [1.29, 1.82) is 0 Å². The molecule has 13 heavy (non-hydrogen) atoms. The summed E-state index contributed by atoms with van der Waals surface area (Å²) in [5.74, 6) is 1.83. The maximum absolute atomic E-state index is 5.54. The van der Waals surface area contributed by atoms with E-state index in [0.29, 0.717) is 5.92 Å². The summed E-state index contributed by atoms with van der Waals surface area (Å²) in [6, 6.07) is 2.24. The molecule has 0 amide bonds. The summed E-state index contributed by atoms with van der Waals surface area (Å²) in [5, 5.41) is 1.43. The molecule has 0 unspecified atom stereocenters. The van der Waals surface area contributed by atoms with Crippen LogP contribution in [0.5, 0.6) is 0 Å². The lowest BCUT2D eigenvalue weighted by molar-refractivity contribution is 0.473. The van der Waals surface area contributed by atoms with Crippen molar-refractivity contribution in [2.75, 3.05) is 0 Å². The van der Waals surface area contributed by atoms with Gasteiger partial charge in [-0.2, -0.15) is 0 Å². The fraction of sp³-hybridized carbons (Fsp3) is 0.636. The third-order valence-corrected chi connectivity index (χ3v) is 4.12. The van der Waals surface area contributed by atoms with Crippen LogP contribution in [0.2, 0.25) is 19.6 Å². The molecular weight excluding hydrogens is 176 g/mol. The zero-order valence-corrected chi connectivity index (χ0v) is 10.3. The van der Waals surface area contributed by atoms with Gasteiger partial charge in [0.25, 0.3) is 0 Å². The Morgan fingerprint density at radius 1 is 1.31 bits per heavy atom. The van der Waals surface area contributed by atoms with Crippen molar-refractivity contribution >= 4 is 13.3 Å². The lowest BCUT2D eigenvalue weighted by Gasteiger charge is -2.11. The monoisotopic (exact) mass is 196 g/mol. The van der Waals surface area contributed by atoms with Crippen molar-refractivity contribution in [1.82, 2.24) is 0 Å². The van der Waals surface area contributed by atoms with Gasteiger partial charge in [-0.3, -0.25) is 0 Å². The van der Waals surface area contributed by atoms with Crippen LogP contribution in [0, 0.1) is 5.92 Å². The smallest absolute Gasteiger partial charge is 0.103 e. The average Bonchev–Trinajstić information content (AvgIpc) is 2.32. The zero-order valence-electron chi connectivity index (χ0n) is 9.35. The van der Waals surface area contributed by atoms with Gasteiger partial charge in [0.15, 0.2) is 0 Å². The van der Waals surface area contributed by atoms with Crippen LogP contribution in [0.15, 0.2) is 16.7 Å². The van der Waals surface area contributed by atoms with E-state index in [1.807, 2.05) is 6.26 Å². The van der Waals surface area contributed by atoms with Gasteiger partial charge in [0, 0.05) is 6.42 Å². The van der Waals surface area contributed by atoms with Gasteiger partial charge in [-0.05, 0) is 17.2 Å². The largest absolute Gasteiger partial charge is 0.469 e. The molecule has 0 saturated heterocycles. The maximum Gasteiger partial charge on any atom is 0.103 e. The molecule has 1 rings (SSSR count). The maximum atomic E-state index is 5.54. The Bertz CT molecular complexity index is 268. The van der Waals surface area contributed by atoms with Crippen molar-refractivity contribution in [3.8, 4) is 0 Å². The molecule has 1 aromatic rings. The van der Waals surface area contributed by atoms with E-state index in [2.05, 4.69) is 39.6 Å². The number of hydrogen-bond acceptors (Lipinski definition) is 1. The first-order chi connectivity index (χ1) is 5.89. The third kappa shape index (κ3) is 3.03. The first kappa shape index (κ1) is 10.6. The van der Waals surface area contributed by atoms with Gasteiger partial charge in [0.2, 0.25) is 0 Å². The molecule has 2 heteroatoms. The summed E-state index contributed by atoms with van der Waals surface area (Å²) in [6.07, 6.45) is 3.01. The Labute approximate surface area is 82.2 Å². The molecule has 1 nitrogen and oxygen atoms in total. The van der Waals surface area contributed by atoms with Gasteiger partial charge in [0.05, 0.1) is 14.3 Å². The van der Waals surface area contributed by atoms with Crippen molar-refractivity contribution in [2.45, 2.75) is 39.9 Å². The lowest BCUT2D eigenvalue weighted by Crippen LogP contribution is -2.36. The second-order valence-electron chi connectivity index (χ2n) is 5.15.